The molecule has 0 aliphatic rings. The first kappa shape index (κ1) is 19.8. The van der Waals surface area contributed by atoms with Gasteiger partial charge in [0.2, 0.25) is 0 Å². The maximum atomic E-state index is 6.29. The third-order valence-electron chi connectivity index (χ3n) is 5.39. The average molecular weight is 422 g/mol. The van der Waals surface area contributed by atoms with Crippen molar-refractivity contribution in [2.24, 2.45) is 5.10 Å². The molecule has 0 saturated carbocycles. The number of hydrogen-bond donors (Lipinski definition) is 1. The molecule has 1 N–H and O–H groups in total. The summed E-state index contributed by atoms with van der Waals surface area (Å²) in [5.74, 6) is 2.17. The molecular weight excluding hydrogens is 400 g/mol. The summed E-state index contributed by atoms with van der Waals surface area (Å²) in [6.45, 7) is 4.13. The lowest BCUT2D eigenvalue weighted by Gasteiger charge is -2.09. The molecule has 32 heavy (non-hydrogen) atoms. The van der Waals surface area contributed by atoms with Gasteiger partial charge in [-0.25, -0.2) is 9.97 Å². The lowest BCUT2D eigenvalue weighted by molar-refractivity contribution is 0.415. The highest BCUT2D eigenvalue weighted by atomic mass is 16.5. The monoisotopic (exact) mass is 422 g/mol. The van der Waals surface area contributed by atoms with Crippen molar-refractivity contribution in [3.63, 3.8) is 0 Å². The van der Waals surface area contributed by atoms with Crippen LogP contribution < -0.4 is 15.5 Å². The fourth-order valence-corrected chi connectivity index (χ4v) is 3.87. The number of rotatable bonds is 4. The molecule has 0 saturated heterocycles. The molecule has 0 amide bonds. The molecule has 5 rings (SSSR count). The van der Waals surface area contributed by atoms with Crippen LogP contribution in [-0.4, -0.2) is 17.1 Å². The third-order valence-corrected chi connectivity index (χ3v) is 5.39. The van der Waals surface area contributed by atoms with Gasteiger partial charge in [0.25, 0.3) is 0 Å². The Labute approximate surface area is 185 Å². The van der Waals surface area contributed by atoms with Crippen molar-refractivity contribution < 1.29 is 9.15 Å². The van der Waals surface area contributed by atoms with Crippen LogP contribution in [0.5, 0.6) is 5.75 Å². The average Bonchev–Trinajstić information content (AvgIpc) is 2.82. The predicted octanol–water partition coefficient (Wildman–Crippen LogP) is 5.60. The molecule has 0 bridgehead atoms. The summed E-state index contributed by atoms with van der Waals surface area (Å²) in [6, 6.07) is 21.7. The van der Waals surface area contributed by atoms with Crippen LogP contribution >= 0.6 is 0 Å². The highest BCUT2D eigenvalue weighted by Gasteiger charge is 2.10. The molecule has 2 aromatic heterocycles. The number of fused-ring (bicyclic) bond motifs is 2. The molecule has 0 radical (unpaired) electrons. The molecule has 0 fully saturated rings. The summed E-state index contributed by atoms with van der Waals surface area (Å²) < 4.78 is 11.6. The molecule has 3 aromatic carbocycles. The number of nitrogens with zero attached hydrogens (tertiary/aromatic N) is 3. The van der Waals surface area contributed by atoms with Gasteiger partial charge in [0.1, 0.15) is 23.4 Å². The highest BCUT2D eigenvalue weighted by molar-refractivity contribution is 5.88. The number of nitrogens with one attached hydrogen (secondary N) is 1. The number of methoxy groups -OCH3 is 1. The number of aryl methyl sites for hydroxylation is 2. The van der Waals surface area contributed by atoms with Crippen LogP contribution in [0.4, 0.5) is 5.82 Å². The molecule has 0 aliphatic heterocycles. The van der Waals surface area contributed by atoms with E-state index in [9.17, 15) is 0 Å². The predicted molar refractivity (Wildman–Crippen MR) is 126 cm³/mol. The SMILES string of the molecule is COc1ccc(-c2c/c(=N\Nc3ncnc4ccccc34)c3c(C)cc(C)cc3o2)cc1. The molecule has 2 heterocycles. The van der Waals surface area contributed by atoms with E-state index in [0.717, 1.165) is 55.4 Å². The minimum absolute atomic E-state index is 0.653. The lowest BCUT2D eigenvalue weighted by atomic mass is 10.0. The number of para-hydroxylation sites is 1. The second-order valence-corrected chi connectivity index (χ2v) is 7.64. The Morgan fingerprint density at radius 1 is 0.938 bits per heavy atom. The summed E-state index contributed by atoms with van der Waals surface area (Å²) in [5.41, 5.74) is 7.96. The Balaban J connectivity index is 1.69. The van der Waals surface area contributed by atoms with Crippen LogP contribution in [-0.2, 0) is 0 Å². The Kier molecular flexibility index (Phi) is 5.03. The molecule has 158 valence electrons. The molecule has 6 nitrogen and oxygen atoms in total. The fourth-order valence-electron chi connectivity index (χ4n) is 3.87. The van der Waals surface area contributed by atoms with Gasteiger partial charge < -0.3 is 9.15 Å². The van der Waals surface area contributed by atoms with Gasteiger partial charge in [-0.3, -0.25) is 5.43 Å². The summed E-state index contributed by atoms with van der Waals surface area (Å²) in [7, 11) is 1.65. The molecule has 0 spiro atoms. The zero-order valence-electron chi connectivity index (χ0n) is 18.1. The van der Waals surface area contributed by atoms with Crippen molar-refractivity contribution in [1.29, 1.82) is 0 Å². The van der Waals surface area contributed by atoms with E-state index in [0.29, 0.717) is 5.82 Å². The zero-order valence-corrected chi connectivity index (χ0v) is 18.1. The number of ether oxygens (including phenoxy) is 1. The van der Waals surface area contributed by atoms with Gasteiger partial charge in [-0.1, -0.05) is 18.2 Å². The van der Waals surface area contributed by atoms with Gasteiger partial charge >= 0.3 is 0 Å². The number of anilines is 1. The van der Waals surface area contributed by atoms with E-state index in [1.807, 2.05) is 60.7 Å². The Hall–Kier alpha value is -4.19. The molecule has 6 heteroatoms. The van der Waals surface area contributed by atoms with Crippen molar-refractivity contribution in [3.8, 4) is 17.1 Å². The van der Waals surface area contributed by atoms with E-state index in [2.05, 4.69) is 35.3 Å². The Bertz CT molecular complexity index is 1500. The van der Waals surface area contributed by atoms with E-state index in [4.69, 9.17) is 14.3 Å². The molecule has 0 unspecified atom stereocenters. The van der Waals surface area contributed by atoms with Crippen LogP contribution in [0.25, 0.3) is 33.2 Å². The van der Waals surface area contributed by atoms with Crippen molar-refractivity contribution in [3.05, 3.63) is 89.5 Å². The van der Waals surface area contributed by atoms with Crippen molar-refractivity contribution in [2.75, 3.05) is 12.5 Å². The smallest absolute Gasteiger partial charge is 0.157 e. The number of benzene rings is 3. The highest BCUT2D eigenvalue weighted by Crippen LogP contribution is 2.26. The van der Waals surface area contributed by atoms with Crippen molar-refractivity contribution >= 4 is 27.7 Å². The van der Waals surface area contributed by atoms with Crippen LogP contribution in [0.1, 0.15) is 11.1 Å². The first-order chi connectivity index (χ1) is 15.6. The molecule has 0 atom stereocenters. The van der Waals surface area contributed by atoms with Crippen LogP contribution in [0, 0.1) is 13.8 Å². The topological polar surface area (TPSA) is 72.5 Å². The Morgan fingerprint density at radius 3 is 2.56 bits per heavy atom. The summed E-state index contributed by atoms with van der Waals surface area (Å²) in [4.78, 5) is 8.71. The maximum Gasteiger partial charge on any atom is 0.157 e. The van der Waals surface area contributed by atoms with Crippen molar-refractivity contribution in [1.82, 2.24) is 9.97 Å². The van der Waals surface area contributed by atoms with Gasteiger partial charge in [0.15, 0.2) is 5.82 Å². The van der Waals surface area contributed by atoms with Gasteiger partial charge in [-0.15, -0.1) is 0 Å². The van der Waals surface area contributed by atoms with Gasteiger partial charge in [-0.05, 0) is 67.4 Å². The second kappa shape index (κ2) is 8.15. The summed E-state index contributed by atoms with van der Waals surface area (Å²) in [6.07, 6.45) is 1.54. The summed E-state index contributed by atoms with van der Waals surface area (Å²) in [5, 5.41) is 7.38. The van der Waals surface area contributed by atoms with Crippen LogP contribution in [0.15, 0.2) is 82.6 Å². The standard InChI is InChI=1S/C26H22N4O2/c1-16-12-17(2)25-22(29-30-26-20-6-4-5-7-21(20)27-15-28-26)14-23(32-24(25)13-16)18-8-10-19(31-3)11-9-18/h4-15H,1-3H3,(H,27,28,30)/b29-22+. The van der Waals surface area contributed by atoms with E-state index < -0.39 is 0 Å². The molecular formula is C26H22N4O2. The first-order valence-electron chi connectivity index (χ1n) is 10.3. The summed E-state index contributed by atoms with van der Waals surface area (Å²) >= 11 is 0. The van der Waals surface area contributed by atoms with Gasteiger partial charge in [-0.2, -0.15) is 5.10 Å². The lowest BCUT2D eigenvalue weighted by Crippen LogP contribution is -2.10. The van der Waals surface area contributed by atoms with E-state index in [1.54, 1.807) is 7.11 Å². The quantitative estimate of drug-likeness (QED) is 0.382. The van der Waals surface area contributed by atoms with Crippen LogP contribution in [0.2, 0.25) is 0 Å². The Morgan fingerprint density at radius 2 is 1.75 bits per heavy atom. The minimum Gasteiger partial charge on any atom is -0.497 e. The minimum atomic E-state index is 0.653. The zero-order chi connectivity index (χ0) is 22.1. The van der Waals surface area contributed by atoms with Crippen molar-refractivity contribution in [2.45, 2.75) is 13.8 Å². The van der Waals surface area contributed by atoms with E-state index >= 15 is 0 Å². The van der Waals surface area contributed by atoms with Gasteiger partial charge in [0, 0.05) is 22.4 Å². The number of aromatic nitrogens is 2. The van der Waals surface area contributed by atoms with Crippen LogP contribution in [0.3, 0.4) is 0 Å². The first-order valence-corrected chi connectivity index (χ1v) is 10.3. The molecule has 5 aromatic rings. The normalized spacial score (nSPS) is 11.8. The largest absolute Gasteiger partial charge is 0.497 e. The number of hydrogen-bond acceptors (Lipinski definition) is 6. The molecule has 0 aliphatic carbocycles. The fraction of sp³-hybridized carbons (Fsp3) is 0.115. The van der Waals surface area contributed by atoms with Gasteiger partial charge in [0.05, 0.1) is 18.0 Å². The second-order valence-electron chi connectivity index (χ2n) is 7.64. The van der Waals surface area contributed by atoms with E-state index in [-0.39, 0.29) is 0 Å². The maximum absolute atomic E-state index is 6.29. The third kappa shape index (κ3) is 3.67. The van der Waals surface area contributed by atoms with E-state index in [1.165, 1.54) is 6.33 Å².